The molecule has 2 N–H and O–H groups in total. The summed E-state index contributed by atoms with van der Waals surface area (Å²) >= 11 is 0. The van der Waals surface area contributed by atoms with E-state index in [1.807, 2.05) is 36.5 Å². The zero-order valence-electron chi connectivity index (χ0n) is 17.6. The third-order valence-corrected chi connectivity index (χ3v) is 4.66. The van der Waals surface area contributed by atoms with Crippen molar-refractivity contribution in [1.29, 1.82) is 0 Å². The lowest BCUT2D eigenvalue weighted by atomic mass is 10.1. The molecule has 1 aromatic carbocycles. The highest BCUT2D eigenvalue weighted by Crippen LogP contribution is 2.26. The molecule has 0 fully saturated rings. The Hall–Kier alpha value is -3.88. The van der Waals surface area contributed by atoms with Gasteiger partial charge in [-0.05, 0) is 26.3 Å². The lowest BCUT2D eigenvalue weighted by Crippen LogP contribution is -2.42. The monoisotopic (exact) mass is 420 g/mol. The van der Waals surface area contributed by atoms with Crippen LogP contribution in [-0.4, -0.2) is 37.6 Å². The van der Waals surface area contributed by atoms with E-state index in [1.165, 1.54) is 6.26 Å². The summed E-state index contributed by atoms with van der Waals surface area (Å²) in [7, 11) is 0. The highest BCUT2D eigenvalue weighted by atomic mass is 16.5. The van der Waals surface area contributed by atoms with Crippen LogP contribution in [0, 0.1) is 0 Å². The molecule has 0 saturated heterocycles. The molecule has 31 heavy (non-hydrogen) atoms. The first-order valence-corrected chi connectivity index (χ1v) is 9.99. The Morgan fingerprint density at radius 1 is 1.19 bits per heavy atom. The van der Waals surface area contributed by atoms with Gasteiger partial charge in [-0.1, -0.05) is 30.3 Å². The fourth-order valence-corrected chi connectivity index (χ4v) is 3.09. The summed E-state index contributed by atoms with van der Waals surface area (Å²) in [6.07, 6.45) is 6.75. The summed E-state index contributed by atoms with van der Waals surface area (Å²) < 4.78 is 12.3. The lowest BCUT2D eigenvalue weighted by molar-refractivity contribution is -0.147. The minimum atomic E-state index is -0.995. The summed E-state index contributed by atoms with van der Waals surface area (Å²) in [5, 5.41) is 7.26. The van der Waals surface area contributed by atoms with Crippen molar-refractivity contribution in [2.75, 3.05) is 17.2 Å². The van der Waals surface area contributed by atoms with E-state index in [9.17, 15) is 4.79 Å². The van der Waals surface area contributed by atoms with Gasteiger partial charge in [0.25, 0.3) is 0 Å². The van der Waals surface area contributed by atoms with Crippen molar-refractivity contribution in [1.82, 2.24) is 19.5 Å². The SMILES string of the molecule is CCOC(=O)C(C)(C)Nc1nc(NCc2ccccc2)c2cn(-c3ncco3)cc2n1. The third kappa shape index (κ3) is 4.50. The van der Waals surface area contributed by atoms with Crippen molar-refractivity contribution < 1.29 is 13.9 Å². The number of carbonyl (C=O) groups is 1. The largest absolute Gasteiger partial charge is 0.464 e. The maximum atomic E-state index is 12.3. The van der Waals surface area contributed by atoms with Gasteiger partial charge in [-0.25, -0.2) is 14.8 Å². The van der Waals surface area contributed by atoms with E-state index < -0.39 is 5.54 Å². The molecule has 0 atom stereocenters. The Bertz CT molecular complexity index is 1170. The van der Waals surface area contributed by atoms with Crippen LogP contribution >= 0.6 is 0 Å². The predicted octanol–water partition coefficient (Wildman–Crippen LogP) is 3.77. The smallest absolute Gasteiger partial charge is 0.331 e. The molecule has 9 nitrogen and oxygen atoms in total. The number of aromatic nitrogens is 4. The van der Waals surface area contributed by atoms with Crippen molar-refractivity contribution in [2.24, 2.45) is 0 Å². The van der Waals surface area contributed by atoms with Gasteiger partial charge in [0, 0.05) is 18.9 Å². The predicted molar refractivity (Wildman–Crippen MR) is 117 cm³/mol. The van der Waals surface area contributed by atoms with Gasteiger partial charge in [-0.15, -0.1) is 0 Å². The van der Waals surface area contributed by atoms with Gasteiger partial charge in [0.1, 0.15) is 17.6 Å². The number of carbonyl (C=O) groups excluding carboxylic acids is 1. The summed E-state index contributed by atoms with van der Waals surface area (Å²) in [6, 6.07) is 10.4. The molecule has 4 rings (SSSR count). The Kier molecular flexibility index (Phi) is 5.57. The van der Waals surface area contributed by atoms with Crippen LogP contribution in [0.4, 0.5) is 11.8 Å². The number of nitrogens with zero attached hydrogens (tertiary/aromatic N) is 4. The molecule has 0 aliphatic carbocycles. The molecule has 0 unspecified atom stereocenters. The van der Waals surface area contributed by atoms with Crippen LogP contribution < -0.4 is 10.6 Å². The summed E-state index contributed by atoms with van der Waals surface area (Å²) in [5.74, 6) is 0.558. The molecule has 0 saturated carbocycles. The van der Waals surface area contributed by atoms with Crippen LogP contribution in [0.2, 0.25) is 0 Å². The maximum absolute atomic E-state index is 12.3. The van der Waals surface area contributed by atoms with Crippen LogP contribution in [0.25, 0.3) is 16.9 Å². The highest BCUT2D eigenvalue weighted by Gasteiger charge is 2.30. The number of fused-ring (bicyclic) bond motifs is 1. The van der Waals surface area contributed by atoms with E-state index in [0.717, 1.165) is 10.9 Å². The second kappa shape index (κ2) is 8.47. The molecule has 3 heterocycles. The Morgan fingerprint density at radius 2 is 2.00 bits per heavy atom. The molecule has 0 amide bonds. The number of anilines is 2. The molecule has 0 bridgehead atoms. The van der Waals surface area contributed by atoms with Crippen LogP contribution in [0.1, 0.15) is 26.3 Å². The number of hydrogen-bond acceptors (Lipinski definition) is 8. The first-order valence-electron chi connectivity index (χ1n) is 9.99. The van der Waals surface area contributed by atoms with E-state index in [-0.39, 0.29) is 5.97 Å². The van der Waals surface area contributed by atoms with E-state index in [0.29, 0.717) is 36.4 Å². The zero-order valence-corrected chi connectivity index (χ0v) is 17.6. The van der Waals surface area contributed by atoms with Crippen molar-refractivity contribution in [3.8, 4) is 6.01 Å². The molecule has 9 heteroatoms. The van der Waals surface area contributed by atoms with Crippen molar-refractivity contribution >= 4 is 28.6 Å². The summed E-state index contributed by atoms with van der Waals surface area (Å²) in [6.45, 7) is 6.11. The molecule has 4 aromatic rings. The average Bonchev–Trinajstić information content (AvgIpc) is 3.42. The molecular weight excluding hydrogens is 396 g/mol. The van der Waals surface area contributed by atoms with Crippen molar-refractivity contribution in [3.63, 3.8) is 0 Å². The van der Waals surface area contributed by atoms with E-state index in [4.69, 9.17) is 9.15 Å². The first-order chi connectivity index (χ1) is 15.0. The second-order valence-corrected chi connectivity index (χ2v) is 7.48. The molecule has 0 spiro atoms. The average molecular weight is 420 g/mol. The lowest BCUT2D eigenvalue weighted by Gasteiger charge is -2.24. The third-order valence-electron chi connectivity index (χ3n) is 4.66. The number of ether oxygens (including phenoxy) is 1. The van der Waals surface area contributed by atoms with Crippen molar-refractivity contribution in [2.45, 2.75) is 32.9 Å². The van der Waals surface area contributed by atoms with Crippen LogP contribution in [0.3, 0.4) is 0 Å². The molecular formula is C22H24N6O3. The fraction of sp³-hybridized carbons (Fsp3) is 0.273. The number of nitrogens with one attached hydrogen (secondary N) is 2. The van der Waals surface area contributed by atoms with Gasteiger partial charge >= 0.3 is 12.0 Å². The van der Waals surface area contributed by atoms with Crippen molar-refractivity contribution in [3.05, 3.63) is 60.7 Å². The second-order valence-electron chi connectivity index (χ2n) is 7.48. The summed E-state index contributed by atoms with van der Waals surface area (Å²) in [4.78, 5) is 25.7. The maximum Gasteiger partial charge on any atom is 0.331 e. The molecule has 0 aliphatic rings. The fourth-order valence-electron chi connectivity index (χ4n) is 3.09. The Labute approximate surface area is 179 Å². The molecule has 0 aliphatic heterocycles. The normalized spacial score (nSPS) is 11.5. The minimum absolute atomic E-state index is 0.298. The van der Waals surface area contributed by atoms with Gasteiger partial charge in [0.05, 0.1) is 23.7 Å². The number of esters is 1. The first kappa shape index (κ1) is 20.4. The number of hydrogen-bond donors (Lipinski definition) is 2. The van der Waals surface area contributed by atoms with E-state index in [1.54, 1.807) is 37.7 Å². The van der Waals surface area contributed by atoms with Crippen LogP contribution in [0.15, 0.2) is 59.6 Å². The van der Waals surface area contributed by atoms with Gasteiger partial charge in [0.15, 0.2) is 0 Å². The number of benzene rings is 1. The minimum Gasteiger partial charge on any atom is -0.464 e. The van der Waals surface area contributed by atoms with Gasteiger partial charge in [-0.3, -0.25) is 4.57 Å². The molecule has 0 radical (unpaired) electrons. The van der Waals surface area contributed by atoms with E-state index in [2.05, 4.69) is 25.6 Å². The quantitative estimate of drug-likeness (QED) is 0.415. The topological polar surface area (TPSA) is 107 Å². The van der Waals surface area contributed by atoms with Gasteiger partial charge in [0.2, 0.25) is 5.95 Å². The Morgan fingerprint density at radius 3 is 2.71 bits per heavy atom. The summed E-state index contributed by atoms with van der Waals surface area (Å²) in [5.41, 5.74) is 0.791. The number of oxazole rings is 1. The standard InChI is InChI=1S/C22H24N6O3/c1-4-30-19(29)22(2,3)27-20-25-17-14-28(21-23-10-11-31-21)13-16(17)18(26-20)24-12-15-8-6-5-7-9-15/h5-11,13-14H,4,12H2,1-3H3,(H2,24,25,26,27). The van der Waals surface area contributed by atoms with Crippen LogP contribution in [-0.2, 0) is 16.1 Å². The van der Waals surface area contributed by atoms with Crippen LogP contribution in [0.5, 0.6) is 0 Å². The highest BCUT2D eigenvalue weighted by molar-refractivity contribution is 5.91. The van der Waals surface area contributed by atoms with E-state index >= 15 is 0 Å². The van der Waals surface area contributed by atoms with Gasteiger partial charge < -0.3 is 19.8 Å². The molecule has 3 aromatic heterocycles. The molecule has 160 valence electrons. The van der Waals surface area contributed by atoms with Gasteiger partial charge in [-0.2, -0.15) is 4.98 Å². The Balaban J connectivity index is 1.70. The number of rotatable bonds is 8. The zero-order chi connectivity index (χ0) is 21.8.